The van der Waals surface area contributed by atoms with Gasteiger partial charge in [0.25, 0.3) is 0 Å². The molecule has 4 nitrogen and oxygen atoms in total. The smallest absolute Gasteiger partial charge is 0.317 e. The molecule has 0 amide bonds. The van der Waals surface area contributed by atoms with E-state index >= 15 is 0 Å². The summed E-state index contributed by atoms with van der Waals surface area (Å²) < 4.78 is 40.4. The van der Waals surface area contributed by atoms with Crippen LogP contribution in [0.5, 0.6) is 0 Å². The van der Waals surface area contributed by atoms with Crippen molar-refractivity contribution in [2.45, 2.75) is 13.1 Å². The lowest BCUT2D eigenvalue weighted by atomic mass is 10.0. The Balaban J connectivity index is 1.70. The van der Waals surface area contributed by atoms with Gasteiger partial charge in [-0.25, -0.2) is 4.68 Å². The van der Waals surface area contributed by atoms with Gasteiger partial charge in [-0.05, 0) is 67.1 Å². The molecule has 0 fully saturated rings. The van der Waals surface area contributed by atoms with Gasteiger partial charge in [-0.1, -0.05) is 24.8 Å². The number of benzene rings is 2. The van der Waals surface area contributed by atoms with Crippen LogP contribution in [0.25, 0.3) is 17.0 Å². The lowest BCUT2D eigenvalue weighted by Gasteiger charge is -2.28. The van der Waals surface area contributed by atoms with Crippen LogP contribution in [0, 0.1) is 11.3 Å². The molecule has 0 spiro atoms. The van der Waals surface area contributed by atoms with Crippen molar-refractivity contribution in [3.63, 3.8) is 0 Å². The predicted molar refractivity (Wildman–Crippen MR) is 121 cm³/mol. The Morgan fingerprint density at radius 2 is 1.73 bits per heavy atom. The van der Waals surface area contributed by atoms with Gasteiger partial charge in [0.05, 0.1) is 34.8 Å². The lowest BCUT2D eigenvalue weighted by molar-refractivity contribution is -0.137. The highest BCUT2D eigenvalue weighted by Crippen LogP contribution is 2.33. The predicted octanol–water partition coefficient (Wildman–Crippen LogP) is 6.55. The molecule has 0 bridgehead atoms. The van der Waals surface area contributed by atoms with E-state index in [4.69, 9.17) is 5.26 Å². The number of nitriles is 1. The molecule has 0 radical (unpaired) electrons. The van der Waals surface area contributed by atoms with Gasteiger partial charge in [0.15, 0.2) is 0 Å². The average Bonchev–Trinajstić information content (AvgIpc) is 3.31. The van der Waals surface area contributed by atoms with Gasteiger partial charge in [0.1, 0.15) is 0 Å². The summed E-state index contributed by atoms with van der Waals surface area (Å²) in [4.78, 5) is 1.93. The maximum Gasteiger partial charge on any atom is 0.416 e. The van der Waals surface area contributed by atoms with E-state index in [9.17, 15) is 13.2 Å². The topological polar surface area (TPSA) is 44.9 Å². The molecule has 3 aromatic rings. The molecule has 0 unspecified atom stereocenters. The van der Waals surface area contributed by atoms with Crippen LogP contribution < -0.4 is 0 Å². The second-order valence-electron chi connectivity index (χ2n) is 7.32. The SMILES string of the molecule is C=C1C=CC(c2ccnn2-c2ccc(C(F)(F)F)cc2)=CN1/C(=C\C)c1ccc(C#N)cc1. The van der Waals surface area contributed by atoms with E-state index in [1.54, 1.807) is 29.1 Å². The van der Waals surface area contributed by atoms with Gasteiger partial charge in [0.2, 0.25) is 0 Å². The summed E-state index contributed by atoms with van der Waals surface area (Å²) in [6.45, 7) is 6.04. The Bertz CT molecular complexity index is 1320. The maximum atomic E-state index is 12.9. The van der Waals surface area contributed by atoms with Crippen molar-refractivity contribution in [2.75, 3.05) is 0 Å². The quantitative estimate of drug-likeness (QED) is 0.458. The summed E-state index contributed by atoms with van der Waals surface area (Å²) in [7, 11) is 0. The Kier molecular flexibility index (Phi) is 5.76. The Morgan fingerprint density at radius 3 is 2.33 bits per heavy atom. The largest absolute Gasteiger partial charge is 0.416 e. The normalized spacial score (nSPS) is 14.3. The molecule has 0 saturated heterocycles. The van der Waals surface area contributed by atoms with Crippen LogP contribution in [0.15, 0.2) is 97.5 Å². The molecule has 2 aromatic carbocycles. The number of hydrogen-bond donors (Lipinski definition) is 0. The minimum absolute atomic E-state index is 0.520. The third-order valence-electron chi connectivity index (χ3n) is 5.25. The minimum Gasteiger partial charge on any atom is -0.317 e. The standard InChI is InChI=1S/C26H19F3N4/c1-3-24(20-8-5-19(16-30)6-9-20)32-17-21(7-4-18(32)2)25-14-15-31-33(25)23-12-10-22(11-13-23)26(27,28)29/h3-15,17H,2H2,1H3/b24-3-. The molecule has 4 rings (SSSR count). The number of halogens is 3. The minimum atomic E-state index is -4.39. The van der Waals surface area contributed by atoms with Crippen LogP contribution >= 0.6 is 0 Å². The molecule has 0 aliphatic carbocycles. The van der Waals surface area contributed by atoms with Crippen molar-refractivity contribution < 1.29 is 13.2 Å². The summed E-state index contributed by atoms with van der Waals surface area (Å²) in [5.41, 5.74) is 4.46. The van der Waals surface area contributed by atoms with Gasteiger partial charge >= 0.3 is 6.18 Å². The number of allylic oxidation sites excluding steroid dienone is 4. The summed E-state index contributed by atoms with van der Waals surface area (Å²) in [5.74, 6) is 0. The van der Waals surface area contributed by atoms with E-state index in [-0.39, 0.29) is 0 Å². The Labute approximate surface area is 189 Å². The molecule has 2 heterocycles. The first-order valence-corrected chi connectivity index (χ1v) is 10.1. The number of hydrogen-bond acceptors (Lipinski definition) is 3. The Morgan fingerprint density at radius 1 is 1.03 bits per heavy atom. The molecule has 1 aromatic heterocycles. The first-order valence-electron chi connectivity index (χ1n) is 10.1. The third-order valence-corrected chi connectivity index (χ3v) is 5.25. The summed E-state index contributed by atoms with van der Waals surface area (Å²) >= 11 is 0. The van der Waals surface area contributed by atoms with Crippen molar-refractivity contribution in [2.24, 2.45) is 0 Å². The van der Waals surface area contributed by atoms with Crippen LogP contribution in [-0.4, -0.2) is 14.7 Å². The number of rotatable bonds is 4. The second-order valence-corrected chi connectivity index (χ2v) is 7.32. The molecular weight excluding hydrogens is 425 g/mol. The first kappa shape index (κ1) is 21.9. The number of aromatic nitrogens is 2. The van der Waals surface area contributed by atoms with Gasteiger partial charge in [-0.3, -0.25) is 0 Å². The van der Waals surface area contributed by atoms with E-state index in [2.05, 4.69) is 17.7 Å². The Hall–Kier alpha value is -4.31. The van der Waals surface area contributed by atoms with Crippen LogP contribution in [0.4, 0.5) is 13.2 Å². The molecule has 1 aliphatic rings. The maximum absolute atomic E-state index is 12.9. The van der Waals surface area contributed by atoms with E-state index in [0.29, 0.717) is 11.3 Å². The molecule has 164 valence electrons. The van der Waals surface area contributed by atoms with Gasteiger partial charge < -0.3 is 4.90 Å². The van der Waals surface area contributed by atoms with E-state index in [1.807, 2.05) is 48.4 Å². The summed E-state index contributed by atoms with van der Waals surface area (Å²) in [6.07, 6.45) is 4.83. The summed E-state index contributed by atoms with van der Waals surface area (Å²) in [5, 5.41) is 13.4. The fraction of sp³-hybridized carbons (Fsp3) is 0.0769. The van der Waals surface area contributed by atoms with Gasteiger partial charge in [-0.15, -0.1) is 0 Å². The van der Waals surface area contributed by atoms with Crippen LogP contribution in [0.1, 0.15) is 29.3 Å². The zero-order chi connectivity index (χ0) is 23.6. The van der Waals surface area contributed by atoms with Gasteiger partial charge in [0, 0.05) is 23.2 Å². The molecule has 33 heavy (non-hydrogen) atoms. The van der Waals surface area contributed by atoms with Crippen LogP contribution in [-0.2, 0) is 6.18 Å². The third kappa shape index (κ3) is 4.37. The molecule has 0 N–H and O–H groups in total. The summed E-state index contributed by atoms with van der Waals surface area (Å²) in [6, 6.07) is 16.1. The lowest BCUT2D eigenvalue weighted by Crippen LogP contribution is -2.17. The van der Waals surface area contributed by atoms with E-state index in [0.717, 1.165) is 40.4 Å². The molecular formula is C26H19F3N4. The second kappa shape index (κ2) is 8.67. The van der Waals surface area contributed by atoms with Crippen molar-refractivity contribution in [3.8, 4) is 11.8 Å². The van der Waals surface area contributed by atoms with Crippen molar-refractivity contribution in [3.05, 3.63) is 120 Å². The van der Waals surface area contributed by atoms with Crippen molar-refractivity contribution in [1.29, 1.82) is 5.26 Å². The first-order chi connectivity index (χ1) is 15.8. The molecule has 1 aliphatic heterocycles. The average molecular weight is 444 g/mol. The number of alkyl halides is 3. The van der Waals surface area contributed by atoms with Crippen LogP contribution in [0.3, 0.4) is 0 Å². The highest BCUT2D eigenvalue weighted by atomic mass is 19.4. The van der Waals surface area contributed by atoms with E-state index in [1.165, 1.54) is 12.1 Å². The monoisotopic (exact) mass is 444 g/mol. The highest BCUT2D eigenvalue weighted by Gasteiger charge is 2.30. The molecule has 0 saturated carbocycles. The van der Waals surface area contributed by atoms with E-state index < -0.39 is 11.7 Å². The zero-order valence-corrected chi connectivity index (χ0v) is 17.7. The highest BCUT2D eigenvalue weighted by molar-refractivity contribution is 5.79. The van der Waals surface area contributed by atoms with Gasteiger partial charge in [-0.2, -0.15) is 23.5 Å². The fourth-order valence-electron chi connectivity index (χ4n) is 3.59. The molecule has 0 atom stereocenters. The zero-order valence-electron chi connectivity index (χ0n) is 17.7. The number of nitrogens with zero attached hydrogens (tertiary/aromatic N) is 4. The fourth-order valence-corrected chi connectivity index (χ4v) is 3.59. The van der Waals surface area contributed by atoms with Crippen molar-refractivity contribution >= 4 is 11.3 Å². The van der Waals surface area contributed by atoms with Crippen LogP contribution in [0.2, 0.25) is 0 Å². The van der Waals surface area contributed by atoms with Crippen molar-refractivity contribution in [1.82, 2.24) is 14.7 Å². The molecule has 7 heteroatoms.